The van der Waals surface area contributed by atoms with E-state index < -0.39 is 12.0 Å². The molecule has 3 aromatic rings. The SMILES string of the molecule is CC(C)Cc1sc(-c2cccc(-c3ccon3)c2)nc1C(N)=O.CN1CCC(O)C1=O. The highest BCUT2D eigenvalue weighted by atomic mass is 32.1. The predicted molar refractivity (Wildman–Crippen MR) is 118 cm³/mol. The number of nitrogens with two attached hydrogens (primary N) is 1. The molecule has 0 bridgehead atoms. The molecule has 0 radical (unpaired) electrons. The number of aromatic nitrogens is 2. The van der Waals surface area contributed by atoms with E-state index in [-0.39, 0.29) is 5.91 Å². The van der Waals surface area contributed by atoms with Gasteiger partial charge in [0.2, 0.25) is 0 Å². The smallest absolute Gasteiger partial charge is 0.268 e. The first kappa shape index (κ1) is 22.6. The van der Waals surface area contributed by atoms with Crippen LogP contribution in [0.5, 0.6) is 0 Å². The van der Waals surface area contributed by atoms with E-state index >= 15 is 0 Å². The molecule has 1 aromatic carbocycles. The minimum Gasteiger partial charge on any atom is -0.383 e. The fourth-order valence-corrected chi connectivity index (χ4v) is 4.43. The largest absolute Gasteiger partial charge is 0.383 e. The van der Waals surface area contributed by atoms with Gasteiger partial charge in [-0.3, -0.25) is 9.59 Å². The van der Waals surface area contributed by atoms with E-state index in [1.54, 1.807) is 13.1 Å². The Morgan fingerprint density at radius 1 is 1.35 bits per heavy atom. The predicted octanol–water partition coefficient (Wildman–Crippen LogP) is 2.97. The number of carbonyl (C=O) groups excluding carboxylic acids is 2. The Hall–Kier alpha value is -3.04. The first-order valence-corrected chi connectivity index (χ1v) is 10.8. The van der Waals surface area contributed by atoms with Crippen LogP contribution in [0.15, 0.2) is 41.1 Å². The third-order valence-electron chi connectivity index (χ3n) is 4.77. The van der Waals surface area contributed by atoms with Crippen LogP contribution in [0, 0.1) is 5.92 Å². The van der Waals surface area contributed by atoms with Gasteiger partial charge in [0.1, 0.15) is 28.8 Å². The van der Waals surface area contributed by atoms with Crippen LogP contribution < -0.4 is 5.73 Å². The number of amides is 2. The van der Waals surface area contributed by atoms with Crippen molar-refractivity contribution < 1.29 is 19.2 Å². The molecular formula is C22H26N4O4S. The van der Waals surface area contributed by atoms with E-state index in [0.29, 0.717) is 24.6 Å². The second-order valence-corrected chi connectivity index (χ2v) is 8.87. The minimum absolute atomic E-state index is 0.148. The summed E-state index contributed by atoms with van der Waals surface area (Å²) in [5, 5.41) is 13.5. The highest BCUT2D eigenvalue weighted by Crippen LogP contribution is 2.32. The number of carbonyl (C=O) groups is 2. The number of nitrogens with zero attached hydrogens (tertiary/aromatic N) is 3. The first-order valence-electron chi connectivity index (χ1n) is 10.00. The van der Waals surface area contributed by atoms with Gasteiger partial charge in [-0.15, -0.1) is 11.3 Å². The molecular weight excluding hydrogens is 416 g/mol. The van der Waals surface area contributed by atoms with Gasteiger partial charge in [-0.2, -0.15) is 0 Å². The molecule has 0 aliphatic carbocycles. The maximum atomic E-state index is 11.6. The number of hydrogen-bond acceptors (Lipinski definition) is 7. The van der Waals surface area contributed by atoms with Crippen molar-refractivity contribution in [2.24, 2.45) is 11.7 Å². The summed E-state index contributed by atoms with van der Waals surface area (Å²) >= 11 is 1.52. The number of aliphatic hydroxyl groups is 1. The monoisotopic (exact) mass is 442 g/mol. The van der Waals surface area contributed by atoms with E-state index in [4.69, 9.17) is 15.4 Å². The Morgan fingerprint density at radius 3 is 2.61 bits per heavy atom. The van der Waals surface area contributed by atoms with Crippen molar-refractivity contribution in [3.63, 3.8) is 0 Å². The van der Waals surface area contributed by atoms with E-state index in [1.807, 2.05) is 24.3 Å². The third-order valence-corrected chi connectivity index (χ3v) is 5.89. The maximum absolute atomic E-state index is 11.6. The summed E-state index contributed by atoms with van der Waals surface area (Å²) in [6.45, 7) is 4.91. The molecule has 3 N–H and O–H groups in total. The number of likely N-dealkylation sites (tertiary alicyclic amines) is 1. The number of likely N-dealkylation sites (N-methyl/N-ethyl adjacent to an activating group) is 1. The highest BCUT2D eigenvalue weighted by Gasteiger charge is 2.26. The molecule has 1 aliphatic rings. The van der Waals surface area contributed by atoms with Crippen molar-refractivity contribution >= 4 is 23.2 Å². The van der Waals surface area contributed by atoms with Crippen molar-refractivity contribution in [3.05, 3.63) is 47.2 Å². The number of thiazole rings is 1. The van der Waals surface area contributed by atoms with Gasteiger partial charge in [0.15, 0.2) is 0 Å². The highest BCUT2D eigenvalue weighted by molar-refractivity contribution is 7.15. The van der Waals surface area contributed by atoms with Gasteiger partial charge in [-0.1, -0.05) is 37.2 Å². The number of benzene rings is 1. The second-order valence-electron chi connectivity index (χ2n) is 7.78. The van der Waals surface area contributed by atoms with Gasteiger partial charge in [0.05, 0.1) is 0 Å². The molecule has 1 aliphatic heterocycles. The van der Waals surface area contributed by atoms with Gasteiger partial charge >= 0.3 is 0 Å². The van der Waals surface area contributed by atoms with E-state index in [2.05, 4.69) is 24.0 Å². The summed E-state index contributed by atoms with van der Waals surface area (Å²) < 4.78 is 4.89. The van der Waals surface area contributed by atoms with Crippen LogP contribution in [0.3, 0.4) is 0 Å². The molecule has 1 atom stereocenters. The van der Waals surface area contributed by atoms with Crippen LogP contribution in [0.2, 0.25) is 0 Å². The molecule has 1 fully saturated rings. The molecule has 1 saturated heterocycles. The summed E-state index contributed by atoms with van der Waals surface area (Å²) in [7, 11) is 1.69. The van der Waals surface area contributed by atoms with Crippen molar-refractivity contribution in [2.45, 2.75) is 32.8 Å². The molecule has 9 heteroatoms. The van der Waals surface area contributed by atoms with E-state index in [9.17, 15) is 9.59 Å². The van der Waals surface area contributed by atoms with Gasteiger partial charge in [0.25, 0.3) is 11.8 Å². The lowest BCUT2D eigenvalue weighted by Crippen LogP contribution is -2.24. The van der Waals surface area contributed by atoms with Gasteiger partial charge in [-0.05, 0) is 24.8 Å². The molecule has 2 aromatic heterocycles. The average Bonchev–Trinajstić information content (AvgIpc) is 3.47. The molecule has 0 spiro atoms. The zero-order valence-corrected chi connectivity index (χ0v) is 18.6. The van der Waals surface area contributed by atoms with Crippen LogP contribution in [0.1, 0.15) is 35.6 Å². The fraction of sp³-hybridized carbons (Fsp3) is 0.364. The molecule has 8 nitrogen and oxygen atoms in total. The van der Waals surface area contributed by atoms with Crippen molar-refractivity contribution in [1.29, 1.82) is 0 Å². The zero-order chi connectivity index (χ0) is 22.5. The van der Waals surface area contributed by atoms with Crippen LogP contribution in [0.25, 0.3) is 21.8 Å². The number of rotatable bonds is 5. The molecule has 0 saturated carbocycles. The van der Waals surface area contributed by atoms with E-state index in [1.165, 1.54) is 22.5 Å². The first-order chi connectivity index (χ1) is 14.8. The second kappa shape index (κ2) is 9.84. The Kier molecular flexibility index (Phi) is 7.19. The summed E-state index contributed by atoms with van der Waals surface area (Å²) in [5.41, 5.74) is 8.50. The lowest BCUT2D eigenvalue weighted by atomic mass is 10.1. The summed E-state index contributed by atoms with van der Waals surface area (Å²) in [5.74, 6) is -0.191. The summed E-state index contributed by atoms with van der Waals surface area (Å²) in [4.78, 5) is 29.2. The number of hydrogen-bond donors (Lipinski definition) is 2. The van der Waals surface area contributed by atoms with Gasteiger partial charge in [0, 0.05) is 35.7 Å². The van der Waals surface area contributed by atoms with Crippen LogP contribution in [-0.2, 0) is 11.2 Å². The summed E-state index contributed by atoms with van der Waals surface area (Å²) in [6.07, 6.45) is 2.20. The minimum atomic E-state index is -0.722. The Labute approximate surface area is 184 Å². The Morgan fingerprint density at radius 2 is 2.10 bits per heavy atom. The van der Waals surface area contributed by atoms with Crippen LogP contribution in [0.4, 0.5) is 0 Å². The Bertz CT molecular complexity index is 1030. The average molecular weight is 443 g/mol. The van der Waals surface area contributed by atoms with E-state index in [0.717, 1.165) is 33.1 Å². The quantitative estimate of drug-likeness (QED) is 0.626. The molecule has 4 rings (SSSR count). The normalized spacial score (nSPS) is 15.8. The van der Waals surface area contributed by atoms with Crippen molar-refractivity contribution in [1.82, 2.24) is 15.0 Å². The topological polar surface area (TPSA) is 123 Å². The molecule has 3 heterocycles. The summed E-state index contributed by atoms with van der Waals surface area (Å²) in [6, 6.07) is 9.65. The molecule has 1 unspecified atom stereocenters. The van der Waals surface area contributed by atoms with Crippen LogP contribution in [-0.4, -0.2) is 51.7 Å². The number of primary amides is 1. The molecule has 31 heavy (non-hydrogen) atoms. The third kappa shape index (κ3) is 5.56. The van der Waals surface area contributed by atoms with Gasteiger partial charge < -0.3 is 20.3 Å². The van der Waals surface area contributed by atoms with Gasteiger partial charge in [-0.25, -0.2) is 4.98 Å². The molecule has 164 valence electrons. The number of aliphatic hydroxyl groups excluding tert-OH is 1. The fourth-order valence-electron chi connectivity index (χ4n) is 3.15. The van der Waals surface area contributed by atoms with Crippen molar-refractivity contribution in [3.8, 4) is 21.8 Å². The molecule has 2 amide bonds. The van der Waals surface area contributed by atoms with Crippen molar-refractivity contribution in [2.75, 3.05) is 13.6 Å². The zero-order valence-electron chi connectivity index (χ0n) is 17.7. The lowest BCUT2D eigenvalue weighted by Gasteiger charge is -2.04. The lowest BCUT2D eigenvalue weighted by molar-refractivity contribution is -0.133. The Balaban J connectivity index is 0.000000287. The van der Waals surface area contributed by atoms with Crippen LogP contribution >= 0.6 is 11.3 Å². The maximum Gasteiger partial charge on any atom is 0.268 e. The standard InChI is InChI=1S/C17H17N3O2S.C5H9NO2/c1-10(2)8-14-15(16(18)21)19-17(23-14)12-5-3-4-11(9-12)13-6-7-22-20-13;1-6-3-2-4(7)5(6)8/h3-7,9-10H,8H2,1-2H3,(H2,18,21);4,7H,2-3H2,1H3.